The number of nitrogens with zero attached hydrogens (tertiary/aromatic N) is 1. The van der Waals surface area contributed by atoms with Crippen molar-refractivity contribution in [3.8, 4) is 5.75 Å². The quantitative estimate of drug-likeness (QED) is 0.439. The summed E-state index contributed by atoms with van der Waals surface area (Å²) in [6.07, 6.45) is 0. The number of allylic oxidation sites excluding steroid dienone is 1. The Morgan fingerprint density at radius 1 is 1.14 bits per heavy atom. The first-order chi connectivity index (χ1) is 13.9. The highest BCUT2D eigenvalue weighted by Crippen LogP contribution is 2.29. The minimum Gasteiger partial charge on any atom is -0.497 e. The molecule has 0 fully saturated rings. The van der Waals surface area contributed by atoms with Crippen LogP contribution in [-0.4, -0.2) is 24.0 Å². The van der Waals surface area contributed by atoms with Crippen LogP contribution in [0.1, 0.15) is 24.1 Å². The van der Waals surface area contributed by atoms with E-state index in [0.717, 1.165) is 5.56 Å². The van der Waals surface area contributed by atoms with E-state index in [1.165, 1.54) is 24.3 Å². The molecular formula is C20H19N3O6. The van der Waals surface area contributed by atoms with Gasteiger partial charge in [-0.05, 0) is 42.3 Å². The number of esters is 1. The Morgan fingerprint density at radius 3 is 2.38 bits per heavy atom. The van der Waals surface area contributed by atoms with E-state index in [9.17, 15) is 19.7 Å². The number of methoxy groups -OCH3 is 1. The maximum atomic E-state index is 12.8. The number of nitro groups is 1. The summed E-state index contributed by atoms with van der Waals surface area (Å²) in [6.45, 7) is 1.64. The van der Waals surface area contributed by atoms with Gasteiger partial charge in [0.2, 0.25) is 0 Å². The fraction of sp³-hybridized carbons (Fsp3) is 0.200. The lowest BCUT2D eigenvalue weighted by Crippen LogP contribution is -2.45. The van der Waals surface area contributed by atoms with Gasteiger partial charge in [-0.3, -0.25) is 10.1 Å². The van der Waals surface area contributed by atoms with Crippen molar-refractivity contribution in [2.75, 3.05) is 7.11 Å². The summed E-state index contributed by atoms with van der Waals surface area (Å²) in [7, 11) is 1.56. The van der Waals surface area contributed by atoms with Crippen molar-refractivity contribution in [3.05, 3.63) is 81.0 Å². The number of nitro benzene ring substituents is 1. The third-order valence-corrected chi connectivity index (χ3v) is 4.46. The molecule has 0 radical (unpaired) electrons. The van der Waals surface area contributed by atoms with E-state index in [0.29, 0.717) is 17.0 Å². The fourth-order valence-electron chi connectivity index (χ4n) is 2.95. The third kappa shape index (κ3) is 4.52. The molecule has 9 nitrogen and oxygen atoms in total. The molecule has 1 aliphatic heterocycles. The summed E-state index contributed by atoms with van der Waals surface area (Å²) in [6, 6.07) is 11.5. The Balaban J connectivity index is 1.80. The second-order valence-corrected chi connectivity index (χ2v) is 6.34. The van der Waals surface area contributed by atoms with Gasteiger partial charge in [-0.15, -0.1) is 0 Å². The molecule has 150 valence electrons. The van der Waals surface area contributed by atoms with Gasteiger partial charge in [-0.1, -0.05) is 12.1 Å². The highest BCUT2D eigenvalue weighted by atomic mass is 16.6. The van der Waals surface area contributed by atoms with Crippen molar-refractivity contribution >= 4 is 17.7 Å². The highest BCUT2D eigenvalue weighted by Gasteiger charge is 2.32. The monoisotopic (exact) mass is 397 g/mol. The van der Waals surface area contributed by atoms with Gasteiger partial charge >= 0.3 is 12.0 Å². The zero-order valence-electron chi connectivity index (χ0n) is 15.8. The lowest BCUT2D eigenvalue weighted by molar-refractivity contribution is -0.384. The average Bonchev–Trinajstić information content (AvgIpc) is 2.72. The van der Waals surface area contributed by atoms with Gasteiger partial charge in [-0.25, -0.2) is 9.59 Å². The lowest BCUT2D eigenvalue weighted by Gasteiger charge is -2.28. The smallest absolute Gasteiger partial charge is 0.338 e. The number of ether oxygens (including phenoxy) is 2. The molecule has 0 bridgehead atoms. The van der Waals surface area contributed by atoms with Crippen LogP contribution in [0.4, 0.5) is 10.5 Å². The zero-order valence-corrected chi connectivity index (χ0v) is 15.8. The van der Waals surface area contributed by atoms with E-state index in [1.807, 2.05) is 0 Å². The molecule has 0 unspecified atom stereocenters. The van der Waals surface area contributed by atoms with Gasteiger partial charge in [0.05, 0.1) is 23.6 Å². The SMILES string of the molecule is COc1ccc(COC(=O)C2=C(C)NC(=O)N[C@@H]2c2ccc([N+](=O)[O-])cc2)cc1. The number of benzene rings is 2. The first-order valence-corrected chi connectivity index (χ1v) is 8.71. The number of hydrogen-bond acceptors (Lipinski definition) is 6. The molecule has 9 heteroatoms. The summed E-state index contributed by atoms with van der Waals surface area (Å²) in [5, 5.41) is 16.1. The van der Waals surface area contributed by atoms with E-state index >= 15 is 0 Å². The number of carbonyl (C=O) groups excluding carboxylic acids is 2. The van der Waals surface area contributed by atoms with E-state index in [4.69, 9.17) is 9.47 Å². The first kappa shape index (κ1) is 19.9. The summed E-state index contributed by atoms with van der Waals surface area (Å²) >= 11 is 0. The predicted octanol–water partition coefficient (Wildman–Crippen LogP) is 2.97. The molecule has 2 aromatic carbocycles. The summed E-state index contributed by atoms with van der Waals surface area (Å²) in [5.74, 6) is 0.0882. The largest absolute Gasteiger partial charge is 0.497 e. The van der Waals surface area contributed by atoms with Crippen molar-refractivity contribution in [1.82, 2.24) is 10.6 Å². The van der Waals surface area contributed by atoms with Gasteiger partial charge in [0.15, 0.2) is 0 Å². The molecule has 1 heterocycles. The predicted molar refractivity (Wildman–Crippen MR) is 103 cm³/mol. The molecule has 0 saturated carbocycles. The van der Waals surface area contributed by atoms with E-state index in [1.54, 1.807) is 38.3 Å². The minimum atomic E-state index is -0.784. The van der Waals surface area contributed by atoms with Crippen molar-refractivity contribution in [2.24, 2.45) is 0 Å². The Bertz CT molecular complexity index is 967. The molecule has 1 atom stereocenters. The molecule has 0 aromatic heterocycles. The molecule has 29 heavy (non-hydrogen) atoms. The number of non-ortho nitro benzene ring substituents is 1. The van der Waals surface area contributed by atoms with Crippen LogP contribution in [0.2, 0.25) is 0 Å². The van der Waals surface area contributed by atoms with Crippen LogP contribution in [0.25, 0.3) is 0 Å². The molecule has 0 spiro atoms. The Labute approximate surface area is 166 Å². The first-order valence-electron chi connectivity index (χ1n) is 8.71. The molecule has 2 amide bonds. The number of hydrogen-bond donors (Lipinski definition) is 2. The number of urea groups is 1. The Morgan fingerprint density at radius 2 is 1.79 bits per heavy atom. The second kappa shape index (κ2) is 8.42. The van der Waals surface area contributed by atoms with Crippen LogP contribution in [0.3, 0.4) is 0 Å². The van der Waals surface area contributed by atoms with Crippen molar-refractivity contribution in [3.63, 3.8) is 0 Å². The van der Waals surface area contributed by atoms with Gasteiger partial charge in [0.1, 0.15) is 12.4 Å². The van der Waals surface area contributed by atoms with Crippen LogP contribution >= 0.6 is 0 Å². The van der Waals surface area contributed by atoms with Crippen LogP contribution in [0.5, 0.6) is 5.75 Å². The number of amides is 2. The average molecular weight is 397 g/mol. The molecule has 2 N–H and O–H groups in total. The number of carbonyl (C=O) groups is 2. The molecule has 2 aromatic rings. The topological polar surface area (TPSA) is 120 Å². The zero-order chi connectivity index (χ0) is 21.0. The van der Waals surface area contributed by atoms with Gasteiger partial charge in [0.25, 0.3) is 5.69 Å². The van der Waals surface area contributed by atoms with E-state index in [2.05, 4.69) is 10.6 Å². The molecule has 1 aliphatic rings. The lowest BCUT2D eigenvalue weighted by atomic mass is 9.95. The van der Waals surface area contributed by atoms with Crippen molar-refractivity contribution in [1.29, 1.82) is 0 Å². The Kier molecular flexibility index (Phi) is 5.77. The van der Waals surface area contributed by atoms with E-state index < -0.39 is 23.0 Å². The normalized spacial score (nSPS) is 15.9. The second-order valence-electron chi connectivity index (χ2n) is 6.34. The molecular weight excluding hydrogens is 378 g/mol. The summed E-state index contributed by atoms with van der Waals surface area (Å²) < 4.78 is 10.5. The number of nitrogens with one attached hydrogen (secondary N) is 2. The van der Waals surface area contributed by atoms with Gasteiger partial charge < -0.3 is 20.1 Å². The van der Waals surface area contributed by atoms with Crippen LogP contribution in [-0.2, 0) is 16.1 Å². The molecule has 0 aliphatic carbocycles. The number of rotatable bonds is 6. The minimum absolute atomic E-state index is 0.0422. The standard InChI is InChI=1S/C20H19N3O6/c1-12-17(19(24)29-11-13-3-9-16(28-2)10-4-13)18(22-20(25)21-12)14-5-7-15(8-6-14)23(26)27/h3-10,18H,11H2,1-2H3,(H2,21,22,25)/t18-/m1/s1. The Hall–Kier alpha value is -3.88. The fourth-order valence-corrected chi connectivity index (χ4v) is 2.95. The van der Waals surface area contributed by atoms with Gasteiger partial charge in [0, 0.05) is 17.8 Å². The van der Waals surface area contributed by atoms with Crippen molar-refractivity contribution < 1.29 is 24.0 Å². The van der Waals surface area contributed by atoms with Crippen LogP contribution < -0.4 is 15.4 Å². The van der Waals surface area contributed by atoms with Crippen LogP contribution in [0, 0.1) is 10.1 Å². The maximum Gasteiger partial charge on any atom is 0.338 e. The molecule has 0 saturated heterocycles. The summed E-state index contributed by atoms with van der Waals surface area (Å²) in [5.41, 5.74) is 1.81. The van der Waals surface area contributed by atoms with Gasteiger partial charge in [-0.2, -0.15) is 0 Å². The van der Waals surface area contributed by atoms with E-state index in [-0.39, 0.29) is 17.9 Å². The maximum absolute atomic E-state index is 12.8. The highest BCUT2D eigenvalue weighted by molar-refractivity contribution is 5.95. The third-order valence-electron chi connectivity index (χ3n) is 4.46. The van der Waals surface area contributed by atoms with Crippen LogP contribution in [0.15, 0.2) is 59.8 Å². The molecule has 3 rings (SSSR count). The van der Waals surface area contributed by atoms with Crippen molar-refractivity contribution in [2.45, 2.75) is 19.6 Å². The summed E-state index contributed by atoms with van der Waals surface area (Å²) in [4.78, 5) is 35.0.